The van der Waals surface area contributed by atoms with Crippen LogP contribution in [0.15, 0.2) is 58.3 Å². The normalized spacial score (nSPS) is 13.0. The second-order valence-corrected chi connectivity index (χ2v) is 9.42. The Balaban J connectivity index is 2.02. The van der Waals surface area contributed by atoms with Gasteiger partial charge in [-0.05, 0) is 55.5 Å². The molecule has 3 N–H and O–H groups in total. The van der Waals surface area contributed by atoms with E-state index in [4.69, 9.17) is 9.88 Å². The number of carbonyl (C=O) groups is 2. The lowest BCUT2D eigenvalue weighted by Crippen LogP contribution is -2.30. The second kappa shape index (κ2) is 8.85. The van der Waals surface area contributed by atoms with Gasteiger partial charge in [0.05, 0.1) is 15.4 Å². The Kier molecular flexibility index (Phi) is 6.90. The predicted molar refractivity (Wildman–Crippen MR) is 101 cm³/mol. The van der Waals surface area contributed by atoms with Crippen LogP contribution in [0.3, 0.4) is 0 Å². The number of benzene rings is 2. The van der Waals surface area contributed by atoms with Gasteiger partial charge in [0.2, 0.25) is 19.9 Å². The Labute approximate surface area is 170 Å². The molecule has 0 fully saturated rings. The number of hydrogen-bond acceptors (Lipinski definition) is 7. The van der Waals surface area contributed by atoms with Gasteiger partial charge in [-0.25, -0.2) is 26.8 Å². The van der Waals surface area contributed by atoms with Gasteiger partial charge in [-0.1, -0.05) is 0 Å². The quantitative estimate of drug-likeness (QED) is 0.592. The van der Waals surface area contributed by atoms with Crippen LogP contribution in [-0.2, 0) is 29.4 Å². The summed E-state index contributed by atoms with van der Waals surface area (Å²) in [4.78, 5) is 23.4. The molecule has 9 nitrogen and oxygen atoms in total. The van der Waals surface area contributed by atoms with Gasteiger partial charge < -0.3 is 10.1 Å². The number of amides is 1. The van der Waals surface area contributed by atoms with Crippen LogP contribution in [0.4, 0.5) is 14.5 Å². The third kappa shape index (κ3) is 5.58. The van der Waals surface area contributed by atoms with E-state index in [-0.39, 0.29) is 16.1 Å². The molecule has 1 atom stereocenters. The smallest absolute Gasteiger partial charge is 0.341 e. The molecule has 2 aromatic carbocycles. The van der Waals surface area contributed by atoms with Gasteiger partial charge in [-0.2, -0.15) is 8.78 Å². The number of alkyl halides is 2. The van der Waals surface area contributed by atoms with Crippen molar-refractivity contribution in [3.05, 3.63) is 54.1 Å². The summed E-state index contributed by atoms with van der Waals surface area (Å²) in [6, 6.07) is 8.55. The zero-order valence-electron chi connectivity index (χ0n) is 15.3. The number of sulfonamides is 1. The first-order valence-corrected chi connectivity index (χ1v) is 11.2. The van der Waals surface area contributed by atoms with Crippen LogP contribution in [0.1, 0.15) is 17.3 Å². The lowest BCUT2D eigenvalue weighted by molar-refractivity contribution is -0.123. The van der Waals surface area contributed by atoms with E-state index in [0.717, 1.165) is 24.3 Å². The first-order valence-electron chi connectivity index (χ1n) is 8.09. The lowest BCUT2D eigenvalue weighted by atomic mass is 10.2. The fourth-order valence-electron chi connectivity index (χ4n) is 2.14. The molecule has 13 heteroatoms. The molecule has 162 valence electrons. The number of nitrogens with two attached hydrogens (primary N) is 1. The first-order chi connectivity index (χ1) is 13.8. The van der Waals surface area contributed by atoms with E-state index in [0.29, 0.717) is 0 Å². The van der Waals surface area contributed by atoms with Gasteiger partial charge in [-0.15, -0.1) is 0 Å². The lowest BCUT2D eigenvalue weighted by Gasteiger charge is -2.14. The molecule has 0 saturated heterocycles. The minimum atomic E-state index is -4.80. The Morgan fingerprint density at radius 3 is 1.90 bits per heavy atom. The molecule has 1 unspecified atom stereocenters. The number of nitrogens with one attached hydrogen (secondary N) is 1. The molecule has 0 heterocycles. The van der Waals surface area contributed by atoms with Crippen LogP contribution in [0.25, 0.3) is 0 Å². The van der Waals surface area contributed by atoms with Crippen LogP contribution in [-0.4, -0.2) is 40.6 Å². The van der Waals surface area contributed by atoms with Crippen LogP contribution >= 0.6 is 0 Å². The van der Waals surface area contributed by atoms with Crippen LogP contribution in [0, 0.1) is 0 Å². The molecule has 0 aliphatic heterocycles. The zero-order valence-corrected chi connectivity index (χ0v) is 16.9. The predicted octanol–water partition coefficient (Wildman–Crippen LogP) is 1.51. The van der Waals surface area contributed by atoms with Gasteiger partial charge in [0.1, 0.15) is 0 Å². The van der Waals surface area contributed by atoms with E-state index < -0.39 is 48.5 Å². The summed E-state index contributed by atoms with van der Waals surface area (Å²) in [7, 11) is -8.69. The van der Waals surface area contributed by atoms with Crippen molar-refractivity contribution < 1.29 is 39.9 Å². The number of primary sulfonamides is 1. The molecule has 0 aliphatic rings. The third-order valence-corrected chi connectivity index (χ3v) is 6.08. The summed E-state index contributed by atoms with van der Waals surface area (Å²) >= 11 is 0. The number of carbonyl (C=O) groups excluding carboxylic acids is 2. The Morgan fingerprint density at radius 1 is 0.933 bits per heavy atom. The molecule has 0 aliphatic carbocycles. The molecule has 0 bridgehead atoms. The van der Waals surface area contributed by atoms with Crippen molar-refractivity contribution >= 4 is 37.4 Å². The maximum Gasteiger partial charge on any atom is 0.341 e. The summed E-state index contributed by atoms with van der Waals surface area (Å²) in [6.07, 6.45) is -1.28. The summed E-state index contributed by atoms with van der Waals surface area (Å²) in [5.74, 6) is -5.31. The largest absolute Gasteiger partial charge is 0.449 e. The molecule has 30 heavy (non-hydrogen) atoms. The maximum atomic E-state index is 12.5. The molecule has 0 aromatic heterocycles. The van der Waals surface area contributed by atoms with Gasteiger partial charge in [0, 0.05) is 5.69 Å². The Bertz CT molecular complexity index is 1150. The minimum Gasteiger partial charge on any atom is -0.449 e. The molecule has 2 aromatic rings. The summed E-state index contributed by atoms with van der Waals surface area (Å²) in [6.45, 7) is 1.27. The highest BCUT2D eigenvalue weighted by Gasteiger charge is 2.27. The Hall–Kier alpha value is -2.90. The van der Waals surface area contributed by atoms with Crippen LogP contribution in [0.5, 0.6) is 0 Å². The van der Waals surface area contributed by atoms with Gasteiger partial charge in [-0.3, -0.25) is 4.79 Å². The Morgan fingerprint density at radius 2 is 1.43 bits per heavy atom. The molecule has 1 amide bonds. The molecular formula is C17H16F2N2O7S2. The van der Waals surface area contributed by atoms with Crippen molar-refractivity contribution in [3.8, 4) is 0 Å². The summed E-state index contributed by atoms with van der Waals surface area (Å²) in [5, 5.41) is 7.38. The molecule has 0 saturated carbocycles. The number of anilines is 1. The SMILES string of the molecule is CC(OC(=O)c1ccc(S(=O)(=O)C(F)F)cc1)C(=O)Nc1ccc(S(N)(=O)=O)cc1. The topological polar surface area (TPSA) is 150 Å². The highest BCUT2D eigenvalue weighted by Crippen LogP contribution is 2.19. The van der Waals surface area contributed by atoms with Crippen LogP contribution in [0.2, 0.25) is 0 Å². The van der Waals surface area contributed by atoms with E-state index in [1.807, 2.05) is 0 Å². The fraction of sp³-hybridized carbons (Fsp3) is 0.176. The number of rotatable bonds is 7. The van der Waals surface area contributed by atoms with E-state index in [9.17, 15) is 35.2 Å². The first kappa shape index (κ1) is 23.4. The van der Waals surface area contributed by atoms with Crippen molar-refractivity contribution in [3.63, 3.8) is 0 Å². The fourth-order valence-corrected chi connectivity index (χ4v) is 3.37. The highest BCUT2D eigenvalue weighted by atomic mass is 32.2. The standard InChI is InChI=1S/C17H16F2N2O7S2/c1-10(15(22)21-12-4-8-14(9-5-12)30(20,26)27)28-16(23)11-2-6-13(7-3-11)29(24,25)17(18)19/h2-10,17H,1H3,(H,21,22)(H2,20,26,27). The van der Waals surface area contributed by atoms with E-state index >= 15 is 0 Å². The number of halogens is 2. The molecule has 0 spiro atoms. The van der Waals surface area contributed by atoms with Crippen molar-refractivity contribution in [1.29, 1.82) is 0 Å². The van der Waals surface area contributed by atoms with Gasteiger partial charge >= 0.3 is 11.7 Å². The number of sulfone groups is 1. The summed E-state index contributed by atoms with van der Waals surface area (Å²) < 4.78 is 75.1. The highest BCUT2D eigenvalue weighted by molar-refractivity contribution is 7.91. The monoisotopic (exact) mass is 462 g/mol. The second-order valence-electron chi connectivity index (χ2n) is 5.94. The van der Waals surface area contributed by atoms with E-state index in [2.05, 4.69) is 5.32 Å². The van der Waals surface area contributed by atoms with Crippen molar-refractivity contribution in [1.82, 2.24) is 0 Å². The van der Waals surface area contributed by atoms with Gasteiger partial charge in [0.25, 0.3) is 5.91 Å². The minimum absolute atomic E-state index is 0.152. The zero-order chi connectivity index (χ0) is 22.7. The number of ether oxygens (including phenoxy) is 1. The van der Waals surface area contributed by atoms with Crippen LogP contribution < -0.4 is 10.5 Å². The van der Waals surface area contributed by atoms with Crippen molar-refractivity contribution in [2.24, 2.45) is 5.14 Å². The molecular weight excluding hydrogens is 446 g/mol. The van der Waals surface area contributed by atoms with Gasteiger partial charge in [0.15, 0.2) is 6.10 Å². The van der Waals surface area contributed by atoms with Crippen molar-refractivity contribution in [2.45, 2.75) is 28.6 Å². The number of esters is 1. The molecule has 2 rings (SSSR count). The van der Waals surface area contributed by atoms with E-state index in [1.54, 1.807) is 0 Å². The average molecular weight is 462 g/mol. The average Bonchev–Trinajstić information content (AvgIpc) is 2.67. The number of hydrogen-bond donors (Lipinski definition) is 2. The van der Waals surface area contributed by atoms with Crippen molar-refractivity contribution in [2.75, 3.05) is 5.32 Å². The third-order valence-electron chi connectivity index (χ3n) is 3.76. The van der Waals surface area contributed by atoms with E-state index in [1.165, 1.54) is 31.2 Å². The maximum absolute atomic E-state index is 12.5. The molecule has 0 radical (unpaired) electrons. The summed E-state index contributed by atoms with van der Waals surface area (Å²) in [5.41, 5.74) is 0.0669.